The van der Waals surface area contributed by atoms with E-state index in [-0.39, 0.29) is 19.6 Å². The summed E-state index contributed by atoms with van der Waals surface area (Å²) >= 11 is 0. The molecule has 44 heavy (non-hydrogen) atoms. The summed E-state index contributed by atoms with van der Waals surface area (Å²) in [4.78, 5) is 40.0. The molecule has 0 aliphatic heterocycles. The zero-order valence-corrected chi connectivity index (χ0v) is 24.3. The van der Waals surface area contributed by atoms with Crippen molar-refractivity contribution >= 4 is 18.2 Å². The Morgan fingerprint density at radius 1 is 0.682 bits per heavy atom. The fraction of sp³-hybridized carbons (Fsp3) is 0.250. The molecule has 224 valence electrons. The van der Waals surface area contributed by atoms with Crippen molar-refractivity contribution in [3.05, 3.63) is 118 Å². The third kappa shape index (κ3) is 5.68. The van der Waals surface area contributed by atoms with Crippen molar-refractivity contribution in [2.24, 2.45) is 5.73 Å². The number of carbonyl (C=O) groups is 3. The molecule has 0 saturated heterocycles. The number of nitrogens with zero attached hydrogens (tertiary/aromatic N) is 1. The van der Waals surface area contributed by atoms with Gasteiger partial charge in [0, 0.05) is 0 Å². The maximum atomic E-state index is 13.5. The lowest BCUT2D eigenvalue weighted by molar-refractivity contribution is -0.142. The van der Waals surface area contributed by atoms with Gasteiger partial charge in [-0.05, 0) is 94.3 Å². The number of carboxylic acids is 1. The van der Waals surface area contributed by atoms with Gasteiger partial charge in [-0.3, -0.25) is 0 Å². The van der Waals surface area contributed by atoms with Crippen molar-refractivity contribution in [1.29, 1.82) is 0 Å². The Morgan fingerprint density at radius 3 is 1.64 bits per heavy atom. The van der Waals surface area contributed by atoms with Crippen LogP contribution in [0.5, 0.6) is 0 Å². The Hall–Kier alpha value is -4.95. The van der Waals surface area contributed by atoms with Crippen LogP contribution in [0.4, 0.5) is 9.59 Å². The van der Waals surface area contributed by atoms with Gasteiger partial charge in [0.15, 0.2) is 0 Å². The third-order valence-electron chi connectivity index (χ3n) is 8.52. The molecular formula is C36H34N2O6. The normalized spacial score (nSPS) is 12.8. The van der Waals surface area contributed by atoms with Crippen molar-refractivity contribution < 1.29 is 29.0 Å². The smallest absolute Gasteiger partial charge is 0.420 e. The van der Waals surface area contributed by atoms with Crippen molar-refractivity contribution in [2.45, 2.75) is 51.4 Å². The predicted octanol–water partition coefficient (Wildman–Crippen LogP) is 6.69. The maximum absolute atomic E-state index is 13.5. The van der Waals surface area contributed by atoms with Crippen LogP contribution in [-0.2, 0) is 40.3 Å². The fourth-order valence-corrected chi connectivity index (χ4v) is 6.31. The summed E-state index contributed by atoms with van der Waals surface area (Å²) in [7, 11) is 0. The summed E-state index contributed by atoms with van der Waals surface area (Å²) in [6, 6.07) is 26.4. The molecule has 0 radical (unpaired) electrons. The molecule has 0 saturated carbocycles. The van der Waals surface area contributed by atoms with Gasteiger partial charge in [-0.25, -0.2) is 14.4 Å². The summed E-state index contributed by atoms with van der Waals surface area (Å²) in [5, 5.41) is 10.1. The minimum absolute atomic E-state index is 0.0306. The van der Waals surface area contributed by atoms with Gasteiger partial charge in [0.1, 0.15) is 19.3 Å². The van der Waals surface area contributed by atoms with Crippen molar-refractivity contribution in [2.75, 3.05) is 6.54 Å². The van der Waals surface area contributed by atoms with Crippen LogP contribution in [0.25, 0.3) is 22.3 Å². The Kier molecular flexibility index (Phi) is 8.43. The molecule has 4 aromatic rings. The molecule has 8 heteroatoms. The van der Waals surface area contributed by atoms with E-state index in [2.05, 4.69) is 24.3 Å². The average Bonchev–Trinajstić information content (AvgIpc) is 3.61. The summed E-state index contributed by atoms with van der Waals surface area (Å²) in [5.74, 6) is -1.32. The lowest BCUT2D eigenvalue weighted by Gasteiger charge is -2.26. The van der Waals surface area contributed by atoms with Crippen LogP contribution >= 0.6 is 0 Å². The number of rotatable bonds is 10. The number of nitrogens with two attached hydrogens (primary N) is 1. The summed E-state index contributed by atoms with van der Waals surface area (Å²) in [6.07, 6.45) is 0.278. The van der Waals surface area contributed by atoms with Gasteiger partial charge in [0.2, 0.25) is 0 Å². The monoisotopic (exact) mass is 590 g/mol. The quantitative estimate of drug-likeness (QED) is 0.171. The number of carbonyl (C=O) groups excluding carboxylic acids is 2. The number of ether oxygens (including phenoxy) is 2. The van der Waals surface area contributed by atoms with E-state index in [4.69, 9.17) is 15.2 Å². The van der Waals surface area contributed by atoms with Gasteiger partial charge >= 0.3 is 18.2 Å². The first-order valence-electron chi connectivity index (χ1n) is 14.9. The van der Waals surface area contributed by atoms with Crippen molar-refractivity contribution in [1.82, 2.24) is 4.90 Å². The van der Waals surface area contributed by atoms with Gasteiger partial charge in [-0.1, -0.05) is 84.9 Å². The highest BCUT2D eigenvalue weighted by Crippen LogP contribution is 2.39. The van der Waals surface area contributed by atoms with E-state index >= 15 is 0 Å². The zero-order valence-electron chi connectivity index (χ0n) is 24.3. The molecule has 2 amide bonds. The second-order valence-corrected chi connectivity index (χ2v) is 11.2. The van der Waals surface area contributed by atoms with Crippen molar-refractivity contribution in [3.8, 4) is 22.3 Å². The standard InChI is InChI=1S/C36H34N2O6/c37-18-6-5-17-33(34(39)40)38(35(41)43-21-25-11-7-15-29-27-13-3-1-9-23(27)19-31(25)29)36(42)44-22-26-12-8-16-30-28-14-4-2-10-24(28)20-32(26)30/h1-4,7-16,33H,5-6,17-22,37H2,(H,39,40). The summed E-state index contributed by atoms with van der Waals surface area (Å²) in [5.41, 5.74) is 16.1. The van der Waals surface area contributed by atoms with E-state index < -0.39 is 24.2 Å². The number of amides is 2. The van der Waals surface area contributed by atoms with Crippen LogP contribution in [0, 0.1) is 0 Å². The molecule has 0 fully saturated rings. The molecule has 8 nitrogen and oxygen atoms in total. The number of imide groups is 1. The average molecular weight is 591 g/mol. The van der Waals surface area contributed by atoms with E-state index in [1.807, 2.05) is 60.7 Å². The highest BCUT2D eigenvalue weighted by molar-refractivity contribution is 5.93. The van der Waals surface area contributed by atoms with E-state index in [0.29, 0.717) is 37.1 Å². The highest BCUT2D eigenvalue weighted by atomic mass is 16.6. The van der Waals surface area contributed by atoms with Crippen LogP contribution in [0.1, 0.15) is 52.6 Å². The predicted molar refractivity (Wildman–Crippen MR) is 166 cm³/mol. The molecule has 2 aliphatic rings. The Labute approximate surface area is 256 Å². The minimum atomic E-state index is -1.46. The second-order valence-electron chi connectivity index (χ2n) is 11.2. The minimum Gasteiger partial charge on any atom is -0.480 e. The number of hydrogen-bond acceptors (Lipinski definition) is 6. The topological polar surface area (TPSA) is 119 Å². The molecule has 2 aliphatic carbocycles. The van der Waals surface area contributed by atoms with E-state index in [9.17, 15) is 19.5 Å². The molecule has 1 unspecified atom stereocenters. The number of aliphatic carboxylic acids is 1. The molecule has 0 spiro atoms. The second kappa shape index (κ2) is 12.7. The highest BCUT2D eigenvalue weighted by Gasteiger charge is 2.37. The van der Waals surface area contributed by atoms with Crippen LogP contribution in [0.3, 0.4) is 0 Å². The van der Waals surface area contributed by atoms with E-state index in [0.717, 1.165) is 44.5 Å². The first-order chi connectivity index (χ1) is 21.5. The van der Waals surface area contributed by atoms with Gasteiger partial charge in [-0.15, -0.1) is 0 Å². The fourth-order valence-electron chi connectivity index (χ4n) is 6.31. The number of fused-ring (bicyclic) bond motifs is 6. The molecule has 0 aromatic heterocycles. The number of hydrogen-bond donors (Lipinski definition) is 2. The summed E-state index contributed by atoms with van der Waals surface area (Å²) in [6.45, 7) is 0.142. The Morgan fingerprint density at radius 2 is 1.16 bits per heavy atom. The molecule has 0 bridgehead atoms. The molecule has 3 N–H and O–H groups in total. The van der Waals surface area contributed by atoms with Gasteiger partial charge in [0.25, 0.3) is 0 Å². The van der Waals surface area contributed by atoms with Gasteiger partial charge < -0.3 is 20.3 Å². The number of benzene rings is 4. The van der Waals surface area contributed by atoms with Crippen LogP contribution < -0.4 is 5.73 Å². The third-order valence-corrected chi connectivity index (χ3v) is 8.52. The SMILES string of the molecule is NCCCCC(C(=O)O)N(C(=O)OCc1cccc2c1Cc1ccccc1-2)C(=O)OCc1cccc2c1Cc1ccccc1-2. The first-order valence-corrected chi connectivity index (χ1v) is 14.9. The molecule has 4 aromatic carbocycles. The van der Waals surface area contributed by atoms with Crippen LogP contribution in [-0.4, -0.2) is 40.7 Å². The van der Waals surface area contributed by atoms with Crippen LogP contribution in [0.15, 0.2) is 84.9 Å². The lowest BCUT2D eigenvalue weighted by Crippen LogP contribution is -2.49. The number of unbranched alkanes of at least 4 members (excludes halogenated alkanes) is 1. The lowest BCUT2D eigenvalue weighted by atomic mass is 10.0. The van der Waals surface area contributed by atoms with E-state index in [1.165, 1.54) is 11.1 Å². The molecular weight excluding hydrogens is 556 g/mol. The van der Waals surface area contributed by atoms with Crippen molar-refractivity contribution in [3.63, 3.8) is 0 Å². The van der Waals surface area contributed by atoms with Gasteiger partial charge in [-0.2, -0.15) is 4.90 Å². The summed E-state index contributed by atoms with van der Waals surface area (Å²) < 4.78 is 11.3. The molecule has 0 heterocycles. The first kappa shape index (κ1) is 29.1. The van der Waals surface area contributed by atoms with Gasteiger partial charge in [0.05, 0.1) is 0 Å². The largest absolute Gasteiger partial charge is 0.480 e. The Balaban J connectivity index is 1.20. The van der Waals surface area contributed by atoms with Crippen LogP contribution in [0.2, 0.25) is 0 Å². The number of carboxylic acid groups (broad SMARTS) is 1. The maximum Gasteiger partial charge on any atom is 0.420 e. The van der Waals surface area contributed by atoms with E-state index in [1.54, 1.807) is 0 Å². The zero-order chi connectivity index (χ0) is 30.6. The molecule has 1 atom stereocenters. The molecule has 6 rings (SSSR count). The Bertz CT molecular complexity index is 1620.